The third kappa shape index (κ3) is 1.61. The van der Waals surface area contributed by atoms with E-state index in [9.17, 15) is 0 Å². The monoisotopic (exact) mass is 179 g/mol. The Hall–Kier alpha value is -0.830. The molecule has 13 heavy (non-hydrogen) atoms. The molecule has 1 saturated carbocycles. The summed E-state index contributed by atoms with van der Waals surface area (Å²) < 4.78 is 2.19. The SMILES string of the molecule is CC1(Cn2cncc2CN)CCC1. The van der Waals surface area contributed by atoms with Gasteiger partial charge in [0, 0.05) is 19.3 Å². The summed E-state index contributed by atoms with van der Waals surface area (Å²) in [5, 5.41) is 0. The third-order valence-electron chi connectivity index (χ3n) is 3.12. The molecule has 0 spiro atoms. The van der Waals surface area contributed by atoms with Crippen molar-refractivity contribution >= 4 is 0 Å². The molecular formula is C10H17N3. The number of hydrogen-bond donors (Lipinski definition) is 1. The zero-order valence-electron chi connectivity index (χ0n) is 8.16. The van der Waals surface area contributed by atoms with E-state index in [1.807, 2.05) is 12.5 Å². The molecule has 1 heterocycles. The number of aromatic nitrogens is 2. The smallest absolute Gasteiger partial charge is 0.0948 e. The third-order valence-corrected chi connectivity index (χ3v) is 3.12. The molecule has 1 aliphatic rings. The average molecular weight is 179 g/mol. The van der Waals surface area contributed by atoms with Crippen LogP contribution in [0.25, 0.3) is 0 Å². The normalized spacial score (nSPS) is 19.8. The van der Waals surface area contributed by atoms with E-state index in [1.165, 1.54) is 19.3 Å². The first-order valence-electron chi connectivity index (χ1n) is 4.93. The second-order valence-corrected chi connectivity index (χ2v) is 4.38. The minimum Gasteiger partial charge on any atom is -0.333 e. The summed E-state index contributed by atoms with van der Waals surface area (Å²) in [5.41, 5.74) is 7.26. The first kappa shape index (κ1) is 8.75. The van der Waals surface area contributed by atoms with Gasteiger partial charge >= 0.3 is 0 Å². The molecule has 0 amide bonds. The molecule has 2 N–H and O–H groups in total. The lowest BCUT2D eigenvalue weighted by Gasteiger charge is -2.38. The Balaban J connectivity index is 2.08. The minimum atomic E-state index is 0.505. The van der Waals surface area contributed by atoms with Gasteiger partial charge in [0.05, 0.1) is 12.0 Å². The molecule has 2 rings (SSSR count). The first-order chi connectivity index (χ1) is 6.23. The first-order valence-corrected chi connectivity index (χ1v) is 4.93. The summed E-state index contributed by atoms with van der Waals surface area (Å²) in [6, 6.07) is 0. The van der Waals surface area contributed by atoms with Crippen molar-refractivity contribution in [2.24, 2.45) is 11.1 Å². The summed E-state index contributed by atoms with van der Waals surface area (Å²) in [7, 11) is 0. The lowest BCUT2D eigenvalue weighted by molar-refractivity contribution is 0.131. The van der Waals surface area contributed by atoms with E-state index in [0.29, 0.717) is 12.0 Å². The van der Waals surface area contributed by atoms with Crippen LogP contribution in [0.3, 0.4) is 0 Å². The van der Waals surface area contributed by atoms with Crippen LogP contribution in [-0.2, 0) is 13.1 Å². The molecule has 0 atom stereocenters. The second-order valence-electron chi connectivity index (χ2n) is 4.38. The van der Waals surface area contributed by atoms with Gasteiger partial charge in [-0.15, -0.1) is 0 Å². The lowest BCUT2D eigenvalue weighted by Crippen LogP contribution is -2.31. The van der Waals surface area contributed by atoms with Crippen molar-refractivity contribution < 1.29 is 0 Å². The van der Waals surface area contributed by atoms with Gasteiger partial charge in [-0.25, -0.2) is 4.98 Å². The maximum atomic E-state index is 5.61. The fourth-order valence-electron chi connectivity index (χ4n) is 2.01. The summed E-state index contributed by atoms with van der Waals surface area (Å²) in [6.45, 7) is 4.02. The summed E-state index contributed by atoms with van der Waals surface area (Å²) in [6.07, 6.45) is 7.82. The summed E-state index contributed by atoms with van der Waals surface area (Å²) in [4.78, 5) is 4.12. The van der Waals surface area contributed by atoms with Gasteiger partial charge in [-0.1, -0.05) is 13.3 Å². The number of hydrogen-bond acceptors (Lipinski definition) is 2. The van der Waals surface area contributed by atoms with Crippen molar-refractivity contribution in [2.75, 3.05) is 0 Å². The van der Waals surface area contributed by atoms with Crippen LogP contribution in [0.5, 0.6) is 0 Å². The van der Waals surface area contributed by atoms with Crippen molar-refractivity contribution in [1.82, 2.24) is 9.55 Å². The van der Waals surface area contributed by atoms with Gasteiger partial charge < -0.3 is 10.3 Å². The molecule has 1 aliphatic carbocycles. The topological polar surface area (TPSA) is 43.8 Å². The maximum absolute atomic E-state index is 5.61. The highest BCUT2D eigenvalue weighted by Crippen LogP contribution is 2.41. The van der Waals surface area contributed by atoms with Gasteiger partial charge in [0.25, 0.3) is 0 Å². The number of imidazole rings is 1. The van der Waals surface area contributed by atoms with Gasteiger partial charge in [0.15, 0.2) is 0 Å². The Morgan fingerprint density at radius 3 is 2.92 bits per heavy atom. The van der Waals surface area contributed by atoms with Crippen LogP contribution in [0, 0.1) is 5.41 Å². The summed E-state index contributed by atoms with van der Waals surface area (Å²) >= 11 is 0. The minimum absolute atomic E-state index is 0.505. The lowest BCUT2D eigenvalue weighted by atomic mass is 9.70. The van der Waals surface area contributed by atoms with Gasteiger partial charge in [-0.2, -0.15) is 0 Å². The van der Waals surface area contributed by atoms with Crippen LogP contribution in [0.1, 0.15) is 31.9 Å². The van der Waals surface area contributed by atoms with Crippen molar-refractivity contribution in [3.05, 3.63) is 18.2 Å². The highest BCUT2D eigenvalue weighted by Gasteiger charge is 2.32. The zero-order chi connectivity index (χ0) is 9.31. The molecule has 0 bridgehead atoms. The van der Waals surface area contributed by atoms with Crippen LogP contribution in [0.2, 0.25) is 0 Å². The molecule has 0 radical (unpaired) electrons. The van der Waals surface area contributed by atoms with Crippen molar-refractivity contribution in [3.63, 3.8) is 0 Å². The van der Waals surface area contributed by atoms with E-state index in [2.05, 4.69) is 16.5 Å². The van der Waals surface area contributed by atoms with E-state index in [-0.39, 0.29) is 0 Å². The molecule has 0 aliphatic heterocycles. The zero-order valence-corrected chi connectivity index (χ0v) is 8.16. The Morgan fingerprint density at radius 1 is 1.62 bits per heavy atom. The molecular weight excluding hydrogens is 162 g/mol. The van der Waals surface area contributed by atoms with E-state index in [1.54, 1.807) is 0 Å². The molecule has 0 aromatic carbocycles. The predicted molar refractivity (Wildman–Crippen MR) is 52.1 cm³/mol. The van der Waals surface area contributed by atoms with E-state index < -0.39 is 0 Å². The average Bonchev–Trinajstić information content (AvgIpc) is 2.49. The molecule has 3 heteroatoms. The molecule has 1 aromatic heterocycles. The molecule has 3 nitrogen and oxygen atoms in total. The van der Waals surface area contributed by atoms with Crippen molar-refractivity contribution in [2.45, 2.75) is 39.3 Å². The van der Waals surface area contributed by atoms with Gasteiger partial charge in [0.1, 0.15) is 0 Å². The fraction of sp³-hybridized carbons (Fsp3) is 0.700. The van der Waals surface area contributed by atoms with Crippen molar-refractivity contribution in [3.8, 4) is 0 Å². The van der Waals surface area contributed by atoms with E-state index >= 15 is 0 Å². The second kappa shape index (κ2) is 3.14. The van der Waals surface area contributed by atoms with Gasteiger partial charge in [0.2, 0.25) is 0 Å². The molecule has 0 unspecified atom stereocenters. The van der Waals surface area contributed by atoms with Crippen LogP contribution < -0.4 is 5.73 Å². The Bertz CT molecular complexity index is 286. The highest BCUT2D eigenvalue weighted by molar-refractivity contribution is 4.99. The van der Waals surface area contributed by atoms with Crippen LogP contribution in [-0.4, -0.2) is 9.55 Å². The van der Waals surface area contributed by atoms with E-state index in [4.69, 9.17) is 5.73 Å². The predicted octanol–water partition coefficient (Wildman–Crippen LogP) is 1.53. The number of nitrogens with two attached hydrogens (primary N) is 1. The quantitative estimate of drug-likeness (QED) is 0.764. The molecule has 1 fully saturated rings. The van der Waals surface area contributed by atoms with Crippen LogP contribution in [0.15, 0.2) is 12.5 Å². The van der Waals surface area contributed by atoms with Gasteiger partial charge in [-0.05, 0) is 18.3 Å². The largest absolute Gasteiger partial charge is 0.333 e. The molecule has 1 aromatic rings. The Labute approximate surface area is 79.0 Å². The molecule has 72 valence electrons. The highest BCUT2D eigenvalue weighted by atomic mass is 15.1. The number of rotatable bonds is 3. The Morgan fingerprint density at radius 2 is 2.38 bits per heavy atom. The van der Waals surface area contributed by atoms with Crippen molar-refractivity contribution in [1.29, 1.82) is 0 Å². The van der Waals surface area contributed by atoms with Gasteiger partial charge in [-0.3, -0.25) is 0 Å². The Kier molecular flexibility index (Phi) is 2.12. The summed E-state index contributed by atoms with van der Waals surface area (Å²) in [5.74, 6) is 0. The fourth-order valence-corrected chi connectivity index (χ4v) is 2.01. The number of nitrogens with zero attached hydrogens (tertiary/aromatic N) is 2. The van der Waals surface area contributed by atoms with Crippen LogP contribution >= 0.6 is 0 Å². The maximum Gasteiger partial charge on any atom is 0.0948 e. The molecule has 0 saturated heterocycles. The van der Waals surface area contributed by atoms with E-state index in [0.717, 1.165) is 12.2 Å². The van der Waals surface area contributed by atoms with Crippen LogP contribution in [0.4, 0.5) is 0 Å². The standard InChI is InChI=1S/C10H17N3/c1-10(3-2-4-10)7-13-8-12-6-9(13)5-11/h6,8H,2-5,7,11H2,1H3.